The molecule has 0 bridgehead atoms. The van der Waals surface area contributed by atoms with E-state index in [1.807, 2.05) is 19.2 Å². The summed E-state index contributed by atoms with van der Waals surface area (Å²) in [5, 5.41) is 0. The number of rotatable bonds is 3. The average molecular weight is 268 g/mol. The minimum Gasteiger partial charge on any atom is -0.493 e. The third kappa shape index (κ3) is 2.67. The van der Waals surface area contributed by atoms with Gasteiger partial charge in [-0.3, -0.25) is 0 Å². The second kappa shape index (κ2) is 5.61. The molecule has 0 radical (unpaired) electrons. The lowest BCUT2D eigenvalue weighted by Crippen LogP contribution is -2.23. The standard InChI is InChI=1S/C17H20N2O/c1-3-14-10-18-12(2)19-16(14)9-13-8-15-6-4-5-7-17(15)20-11-13/h4-7,10,13H,3,8-9,11H2,1-2H3/t13-/m0/s1. The van der Waals surface area contributed by atoms with Crippen LogP contribution in [0.3, 0.4) is 0 Å². The molecule has 0 saturated carbocycles. The van der Waals surface area contributed by atoms with E-state index in [0.717, 1.165) is 37.4 Å². The van der Waals surface area contributed by atoms with Gasteiger partial charge in [0.05, 0.1) is 6.61 Å². The highest BCUT2D eigenvalue weighted by atomic mass is 16.5. The summed E-state index contributed by atoms with van der Waals surface area (Å²) >= 11 is 0. The molecule has 1 aromatic heterocycles. The molecule has 0 aliphatic carbocycles. The van der Waals surface area contributed by atoms with Crippen LogP contribution >= 0.6 is 0 Å². The van der Waals surface area contributed by atoms with Crippen LogP contribution in [0.2, 0.25) is 0 Å². The van der Waals surface area contributed by atoms with Crippen LogP contribution in [-0.2, 0) is 19.3 Å². The fraction of sp³-hybridized carbons (Fsp3) is 0.412. The SMILES string of the molecule is CCc1cnc(C)nc1C[C@H]1COc2ccccc2C1. The highest BCUT2D eigenvalue weighted by molar-refractivity contribution is 5.35. The second-order valence-corrected chi connectivity index (χ2v) is 5.44. The fourth-order valence-electron chi connectivity index (χ4n) is 2.81. The van der Waals surface area contributed by atoms with Crippen molar-refractivity contribution in [2.24, 2.45) is 5.92 Å². The summed E-state index contributed by atoms with van der Waals surface area (Å²) in [6.07, 6.45) is 5.00. The van der Waals surface area contributed by atoms with Crippen molar-refractivity contribution in [2.75, 3.05) is 6.61 Å². The lowest BCUT2D eigenvalue weighted by Gasteiger charge is -2.25. The molecule has 0 unspecified atom stereocenters. The highest BCUT2D eigenvalue weighted by Gasteiger charge is 2.21. The predicted octanol–water partition coefficient (Wildman–Crippen LogP) is 3.14. The number of hydrogen-bond acceptors (Lipinski definition) is 3. The van der Waals surface area contributed by atoms with Crippen LogP contribution in [0.5, 0.6) is 5.75 Å². The molecular weight excluding hydrogens is 248 g/mol. The zero-order valence-corrected chi connectivity index (χ0v) is 12.1. The number of aromatic nitrogens is 2. The summed E-state index contributed by atoms with van der Waals surface area (Å²) in [6, 6.07) is 8.32. The first-order valence-electron chi connectivity index (χ1n) is 7.28. The maximum absolute atomic E-state index is 5.87. The van der Waals surface area contributed by atoms with Crippen LogP contribution < -0.4 is 4.74 Å². The van der Waals surface area contributed by atoms with Gasteiger partial charge in [0, 0.05) is 17.8 Å². The van der Waals surface area contributed by atoms with Gasteiger partial charge in [-0.15, -0.1) is 0 Å². The van der Waals surface area contributed by atoms with E-state index in [9.17, 15) is 0 Å². The Morgan fingerprint density at radius 2 is 2.15 bits per heavy atom. The molecule has 1 aliphatic heterocycles. The topological polar surface area (TPSA) is 35.0 Å². The maximum Gasteiger partial charge on any atom is 0.125 e. The van der Waals surface area contributed by atoms with Crippen LogP contribution in [0.25, 0.3) is 0 Å². The number of benzene rings is 1. The van der Waals surface area contributed by atoms with Gasteiger partial charge < -0.3 is 4.74 Å². The zero-order valence-electron chi connectivity index (χ0n) is 12.1. The van der Waals surface area contributed by atoms with Crippen LogP contribution in [0.1, 0.15) is 29.6 Å². The molecule has 0 fully saturated rings. The van der Waals surface area contributed by atoms with E-state index in [2.05, 4.69) is 35.1 Å². The van der Waals surface area contributed by atoms with E-state index < -0.39 is 0 Å². The third-order valence-corrected chi connectivity index (χ3v) is 3.89. The van der Waals surface area contributed by atoms with Gasteiger partial charge >= 0.3 is 0 Å². The monoisotopic (exact) mass is 268 g/mol. The largest absolute Gasteiger partial charge is 0.493 e. The van der Waals surface area contributed by atoms with Crippen molar-refractivity contribution in [1.82, 2.24) is 9.97 Å². The van der Waals surface area contributed by atoms with Gasteiger partial charge in [-0.2, -0.15) is 0 Å². The first kappa shape index (κ1) is 13.1. The van der Waals surface area contributed by atoms with E-state index in [1.54, 1.807) is 0 Å². The third-order valence-electron chi connectivity index (χ3n) is 3.89. The molecule has 0 spiro atoms. The fourth-order valence-corrected chi connectivity index (χ4v) is 2.81. The highest BCUT2D eigenvalue weighted by Crippen LogP contribution is 2.28. The Kier molecular flexibility index (Phi) is 3.68. The zero-order chi connectivity index (χ0) is 13.9. The molecule has 1 aliphatic rings. The molecule has 3 rings (SSSR count). The number of ether oxygens (including phenoxy) is 1. The molecule has 0 N–H and O–H groups in total. The quantitative estimate of drug-likeness (QED) is 0.857. The number of nitrogens with zero attached hydrogens (tertiary/aromatic N) is 2. The van der Waals surface area contributed by atoms with Crippen LogP contribution in [-0.4, -0.2) is 16.6 Å². The first-order chi connectivity index (χ1) is 9.76. The summed E-state index contributed by atoms with van der Waals surface area (Å²) in [5.74, 6) is 2.40. The van der Waals surface area contributed by atoms with E-state index in [1.165, 1.54) is 16.8 Å². The minimum absolute atomic E-state index is 0.504. The van der Waals surface area contributed by atoms with Crippen molar-refractivity contribution in [3.8, 4) is 5.75 Å². The molecule has 2 aromatic rings. The molecule has 1 aromatic carbocycles. The minimum atomic E-state index is 0.504. The van der Waals surface area contributed by atoms with Gasteiger partial charge in [0.25, 0.3) is 0 Å². The molecule has 3 nitrogen and oxygen atoms in total. The predicted molar refractivity (Wildman–Crippen MR) is 79.0 cm³/mol. The molecular formula is C17H20N2O. The summed E-state index contributed by atoms with van der Waals surface area (Å²) < 4.78 is 5.87. The van der Waals surface area contributed by atoms with E-state index >= 15 is 0 Å². The number of fused-ring (bicyclic) bond motifs is 1. The van der Waals surface area contributed by atoms with Gasteiger partial charge in [-0.25, -0.2) is 9.97 Å². The average Bonchev–Trinajstić information content (AvgIpc) is 2.47. The van der Waals surface area contributed by atoms with Crippen LogP contribution in [0.15, 0.2) is 30.5 Å². The lowest BCUT2D eigenvalue weighted by atomic mass is 9.91. The van der Waals surface area contributed by atoms with Gasteiger partial charge in [0.15, 0.2) is 0 Å². The Hall–Kier alpha value is -1.90. The Labute approximate surface area is 120 Å². The molecule has 1 atom stereocenters. The smallest absolute Gasteiger partial charge is 0.125 e. The molecule has 104 valence electrons. The van der Waals surface area contributed by atoms with Crippen LogP contribution in [0.4, 0.5) is 0 Å². The normalized spacial score (nSPS) is 17.4. The summed E-state index contributed by atoms with van der Waals surface area (Å²) in [5.41, 5.74) is 3.76. The Bertz CT molecular complexity index is 610. The van der Waals surface area contributed by atoms with Crippen LogP contribution in [0, 0.1) is 12.8 Å². The van der Waals surface area contributed by atoms with E-state index in [0.29, 0.717) is 5.92 Å². The van der Waals surface area contributed by atoms with Gasteiger partial charge in [-0.1, -0.05) is 25.1 Å². The van der Waals surface area contributed by atoms with Crippen molar-refractivity contribution in [3.63, 3.8) is 0 Å². The summed E-state index contributed by atoms with van der Waals surface area (Å²) in [7, 11) is 0. The second-order valence-electron chi connectivity index (χ2n) is 5.44. The van der Waals surface area contributed by atoms with Gasteiger partial charge in [0.1, 0.15) is 11.6 Å². The Morgan fingerprint density at radius 1 is 1.30 bits per heavy atom. The van der Waals surface area contributed by atoms with Crippen molar-refractivity contribution < 1.29 is 4.74 Å². The molecule has 0 saturated heterocycles. The number of aryl methyl sites for hydroxylation is 2. The van der Waals surface area contributed by atoms with Crippen molar-refractivity contribution in [2.45, 2.75) is 33.1 Å². The van der Waals surface area contributed by atoms with Gasteiger partial charge in [0.2, 0.25) is 0 Å². The summed E-state index contributed by atoms with van der Waals surface area (Å²) in [6.45, 7) is 4.89. The van der Waals surface area contributed by atoms with Crippen molar-refractivity contribution >= 4 is 0 Å². The number of para-hydroxylation sites is 1. The molecule has 2 heterocycles. The molecule has 0 amide bonds. The number of hydrogen-bond donors (Lipinski definition) is 0. The van der Waals surface area contributed by atoms with E-state index in [4.69, 9.17) is 4.74 Å². The lowest BCUT2D eigenvalue weighted by molar-refractivity contribution is 0.220. The molecule has 3 heteroatoms. The Balaban J connectivity index is 1.78. The Morgan fingerprint density at radius 3 is 3.00 bits per heavy atom. The van der Waals surface area contributed by atoms with Crippen molar-refractivity contribution in [3.05, 3.63) is 53.1 Å². The van der Waals surface area contributed by atoms with Gasteiger partial charge in [-0.05, 0) is 43.4 Å². The maximum atomic E-state index is 5.87. The van der Waals surface area contributed by atoms with Crippen molar-refractivity contribution in [1.29, 1.82) is 0 Å². The molecule has 20 heavy (non-hydrogen) atoms. The van der Waals surface area contributed by atoms with E-state index in [-0.39, 0.29) is 0 Å². The summed E-state index contributed by atoms with van der Waals surface area (Å²) in [4.78, 5) is 8.92. The first-order valence-corrected chi connectivity index (χ1v) is 7.28.